The van der Waals surface area contributed by atoms with Crippen LogP contribution in [0.5, 0.6) is 0 Å². The highest BCUT2D eigenvalue weighted by Crippen LogP contribution is 2.49. The topological polar surface area (TPSA) is 44.2 Å². The van der Waals surface area contributed by atoms with Crippen LogP contribution in [0.1, 0.15) is 27.7 Å². The summed E-state index contributed by atoms with van der Waals surface area (Å²) in [4.78, 5) is 9.47. The number of hydrogen-bond donors (Lipinski definition) is 0. The largest absolute Gasteiger partial charge is 0.495 e. The van der Waals surface area contributed by atoms with Crippen molar-refractivity contribution in [1.82, 2.24) is 9.97 Å². The highest BCUT2D eigenvalue weighted by atomic mass is 79.9. The first kappa shape index (κ1) is 64.7. The third-order valence-electron chi connectivity index (χ3n) is 22.2. The Kier molecular flexibility index (Phi) is 16.0. The zero-order valence-electron chi connectivity index (χ0n) is 59.2. The van der Waals surface area contributed by atoms with Crippen LogP contribution in [0.4, 0.5) is 0 Å². The van der Waals surface area contributed by atoms with Crippen molar-refractivity contribution >= 4 is 158 Å². The first-order chi connectivity index (χ1) is 51.9. The molecule has 1 fully saturated rings. The van der Waals surface area contributed by atoms with Crippen LogP contribution in [0.25, 0.3) is 185 Å². The first-order valence-corrected chi connectivity index (χ1v) is 37.2. The summed E-state index contributed by atoms with van der Waals surface area (Å²) in [7, 11) is -0.378. The van der Waals surface area contributed by atoms with E-state index in [1.54, 1.807) is 0 Å². The van der Waals surface area contributed by atoms with E-state index in [1.165, 1.54) is 158 Å². The van der Waals surface area contributed by atoms with Crippen LogP contribution in [-0.2, 0) is 9.31 Å². The molecule has 2 aromatic heterocycles. The lowest BCUT2D eigenvalue weighted by Gasteiger charge is -2.32. The van der Waals surface area contributed by atoms with Gasteiger partial charge in [0.2, 0.25) is 0 Å². The van der Waals surface area contributed by atoms with Crippen LogP contribution in [0.15, 0.2) is 357 Å². The van der Waals surface area contributed by atoms with Gasteiger partial charge in [0, 0.05) is 38.4 Å². The molecule has 6 heteroatoms. The van der Waals surface area contributed by atoms with E-state index in [-0.39, 0.29) is 18.3 Å². The average Bonchev–Trinajstić information content (AvgIpc) is 0.896. The van der Waals surface area contributed by atoms with E-state index in [4.69, 9.17) is 14.3 Å². The lowest BCUT2D eigenvalue weighted by Crippen LogP contribution is -2.41. The van der Waals surface area contributed by atoms with Crippen molar-refractivity contribution in [2.24, 2.45) is 0 Å². The Balaban J connectivity index is 0.000000116. The van der Waals surface area contributed by atoms with E-state index in [0.717, 1.165) is 37.1 Å². The minimum Gasteiger partial charge on any atom is -0.399 e. The van der Waals surface area contributed by atoms with Gasteiger partial charge in [-0.1, -0.05) is 295 Å². The molecule has 0 aliphatic carbocycles. The second kappa shape index (κ2) is 26.2. The van der Waals surface area contributed by atoms with Crippen molar-refractivity contribution in [2.45, 2.75) is 38.9 Å². The molecular formula is C100H70BBrN2O2. The monoisotopic (exact) mass is 1420 g/mol. The van der Waals surface area contributed by atoms with Gasteiger partial charge in [-0.2, -0.15) is 0 Å². The molecule has 0 unspecified atom stereocenters. The Bertz CT molecular complexity index is 6950. The van der Waals surface area contributed by atoms with Gasteiger partial charge in [0.25, 0.3) is 0 Å². The molecule has 0 spiro atoms. The fourth-order valence-electron chi connectivity index (χ4n) is 16.4. The highest BCUT2D eigenvalue weighted by Gasteiger charge is 2.52. The van der Waals surface area contributed by atoms with Crippen LogP contribution in [0.3, 0.4) is 0 Å². The maximum Gasteiger partial charge on any atom is 0.495 e. The quantitative estimate of drug-likeness (QED) is 0.0945. The standard InChI is InChI=1S/C47H29N.C34H21Br.C19H20BNO2/c1-3-12-32-26-36(21-19-30(32)10-1)45-39-16-7-8-17-40(39)46(37-22-20-31-11-2-4-13-33(31)27-37)44-29-35(23-24-41(44)45)43-28-34-14-5-6-15-38(34)47-42(43)18-9-25-48-47;35-28-17-18-31-32(21-28)34(27-16-14-23-8-2-4-10-25(23)20-27)30-12-6-5-11-29(30)33(31)26-15-13-22-7-1-3-9-24(22)19-26;1-18(2)19(3,4)23-20(22-18)16-12-13-8-5-6-9-14(13)17-15(16)10-7-11-21-17/h1-29H;1-21H;5-12H,1-4H3. The molecule has 0 N–H and O–H groups in total. The van der Waals surface area contributed by atoms with Gasteiger partial charge < -0.3 is 9.31 Å². The molecule has 106 heavy (non-hydrogen) atoms. The second-order valence-electron chi connectivity index (χ2n) is 29.0. The molecule has 18 aromatic carbocycles. The Morgan fingerprint density at radius 2 is 0.557 bits per heavy atom. The van der Waals surface area contributed by atoms with E-state index in [1.807, 2.05) is 36.7 Å². The van der Waals surface area contributed by atoms with Gasteiger partial charge in [-0.25, -0.2) is 0 Å². The zero-order chi connectivity index (χ0) is 71.2. The zero-order valence-corrected chi connectivity index (χ0v) is 60.7. The molecule has 0 amide bonds. The molecule has 0 radical (unpaired) electrons. The number of hydrogen-bond acceptors (Lipinski definition) is 4. The summed E-state index contributed by atoms with van der Waals surface area (Å²) in [6.07, 6.45) is 3.74. The fourth-order valence-corrected chi connectivity index (χ4v) is 16.7. The molecule has 0 bridgehead atoms. The molecule has 502 valence electrons. The molecule has 1 aliphatic rings. The Morgan fingerprint density at radius 1 is 0.245 bits per heavy atom. The number of rotatable bonds is 6. The summed E-state index contributed by atoms with van der Waals surface area (Å²) in [5, 5.41) is 27.1. The van der Waals surface area contributed by atoms with Crippen molar-refractivity contribution in [1.29, 1.82) is 0 Å². The molecule has 1 saturated heterocycles. The molecule has 20 aromatic rings. The molecular weight excluding hydrogens is 1350 g/mol. The van der Waals surface area contributed by atoms with Crippen molar-refractivity contribution in [3.63, 3.8) is 0 Å². The number of nitrogens with zero attached hydrogens (tertiary/aromatic N) is 2. The van der Waals surface area contributed by atoms with Crippen LogP contribution in [0.2, 0.25) is 0 Å². The third kappa shape index (κ3) is 11.3. The van der Waals surface area contributed by atoms with Crippen LogP contribution in [-0.4, -0.2) is 28.3 Å². The van der Waals surface area contributed by atoms with Crippen molar-refractivity contribution in [3.05, 3.63) is 357 Å². The fraction of sp³-hybridized carbons (Fsp3) is 0.0600. The number of benzene rings is 18. The lowest BCUT2D eigenvalue weighted by molar-refractivity contribution is 0.00578. The molecule has 0 saturated carbocycles. The van der Waals surface area contributed by atoms with E-state index in [2.05, 4.69) is 364 Å². The van der Waals surface area contributed by atoms with Gasteiger partial charge in [0.05, 0.1) is 22.2 Å². The summed E-state index contributed by atoms with van der Waals surface area (Å²) in [6.45, 7) is 8.31. The summed E-state index contributed by atoms with van der Waals surface area (Å²) in [5.41, 5.74) is 14.8. The molecule has 21 rings (SSSR count). The van der Waals surface area contributed by atoms with Gasteiger partial charge in [0.1, 0.15) is 0 Å². The van der Waals surface area contributed by atoms with E-state index in [9.17, 15) is 0 Å². The molecule has 3 heterocycles. The normalized spacial score (nSPS) is 13.4. The molecule has 4 nitrogen and oxygen atoms in total. The Hall–Kier alpha value is -12.2. The summed E-state index contributed by atoms with van der Waals surface area (Å²) in [6, 6.07) is 123. The second-order valence-corrected chi connectivity index (χ2v) is 29.9. The van der Waals surface area contributed by atoms with Crippen LogP contribution >= 0.6 is 15.9 Å². The summed E-state index contributed by atoms with van der Waals surface area (Å²) < 4.78 is 13.6. The van der Waals surface area contributed by atoms with Crippen molar-refractivity contribution in [2.75, 3.05) is 0 Å². The summed E-state index contributed by atoms with van der Waals surface area (Å²) >= 11 is 3.76. The van der Waals surface area contributed by atoms with Gasteiger partial charge >= 0.3 is 7.12 Å². The predicted molar refractivity (Wildman–Crippen MR) is 456 cm³/mol. The maximum absolute atomic E-state index is 6.26. The molecule has 0 atom stereocenters. The number of aromatic nitrogens is 2. The number of halogens is 1. The van der Waals surface area contributed by atoms with E-state index >= 15 is 0 Å². The van der Waals surface area contributed by atoms with Gasteiger partial charge in [-0.15, -0.1) is 0 Å². The highest BCUT2D eigenvalue weighted by molar-refractivity contribution is 9.10. The SMILES string of the molecule is Brc1ccc2c(-c3ccc4ccccc4c3)c3ccccc3c(-c3ccc4ccccc4c3)c2c1.CC1(C)OB(c2cc3ccccc3c3ncccc23)OC1(C)C.c1ccc2cc(-c3c4ccccc4c(-c4ccc5ccccc5c4)c4cc(-c5cc6ccccc6c6ncccc56)ccc34)ccc2c1. The Labute approximate surface area is 624 Å². The number of fused-ring (bicyclic) bond motifs is 14. The lowest BCUT2D eigenvalue weighted by atomic mass is 9.75. The molecule has 1 aliphatic heterocycles. The Morgan fingerprint density at radius 3 is 0.991 bits per heavy atom. The minimum atomic E-state index is -0.378. The van der Waals surface area contributed by atoms with E-state index < -0.39 is 0 Å². The van der Waals surface area contributed by atoms with Gasteiger partial charge in [-0.05, 0) is 246 Å². The van der Waals surface area contributed by atoms with Crippen LogP contribution < -0.4 is 5.46 Å². The van der Waals surface area contributed by atoms with Crippen molar-refractivity contribution in [3.8, 4) is 55.6 Å². The maximum atomic E-state index is 6.26. The smallest absolute Gasteiger partial charge is 0.399 e. The van der Waals surface area contributed by atoms with Crippen LogP contribution in [0, 0.1) is 0 Å². The third-order valence-corrected chi connectivity index (χ3v) is 22.7. The first-order valence-electron chi connectivity index (χ1n) is 36.4. The van der Waals surface area contributed by atoms with Gasteiger partial charge in [-0.3, -0.25) is 9.97 Å². The van der Waals surface area contributed by atoms with Gasteiger partial charge in [0.15, 0.2) is 0 Å². The summed E-state index contributed by atoms with van der Waals surface area (Å²) in [5.74, 6) is 0. The van der Waals surface area contributed by atoms with E-state index in [0.29, 0.717) is 0 Å². The minimum absolute atomic E-state index is 0.349. The predicted octanol–water partition coefficient (Wildman–Crippen LogP) is 27.1. The average molecular weight is 1420 g/mol. The van der Waals surface area contributed by atoms with Crippen molar-refractivity contribution < 1.29 is 9.31 Å². The number of pyridine rings is 2.